The van der Waals surface area contributed by atoms with Gasteiger partial charge in [0, 0.05) is 24.9 Å². The van der Waals surface area contributed by atoms with Gasteiger partial charge in [-0.1, -0.05) is 35.9 Å². The minimum Gasteiger partial charge on any atom is -0.494 e. The SMILES string of the molecule is COC(=O)c1ccc(OCCCN(Cc2cccc(C(F)(F)F)c2Cl)CC(F)(F)c2ccc(F)cc2)cc1S(C)(=O)=O. The second-order valence-corrected chi connectivity index (χ2v) is 11.7. The van der Waals surface area contributed by atoms with Crippen LogP contribution in [0.1, 0.15) is 33.5 Å². The molecule has 6 nitrogen and oxygen atoms in total. The summed E-state index contributed by atoms with van der Waals surface area (Å²) in [4.78, 5) is 12.8. The van der Waals surface area contributed by atoms with E-state index in [-0.39, 0.29) is 47.9 Å². The maximum absolute atomic E-state index is 15.2. The fraction of sp³-hybridized carbons (Fsp3) is 0.321. The number of esters is 1. The Morgan fingerprint density at radius 2 is 1.67 bits per heavy atom. The molecule has 14 heteroatoms. The molecular formula is C28H26ClF6NO5S. The first-order valence-electron chi connectivity index (χ1n) is 12.3. The summed E-state index contributed by atoms with van der Waals surface area (Å²) in [5, 5.41) is -0.615. The molecule has 0 aliphatic carbocycles. The number of hydrogen-bond donors (Lipinski definition) is 0. The molecule has 3 aromatic rings. The van der Waals surface area contributed by atoms with E-state index in [2.05, 4.69) is 4.74 Å². The lowest BCUT2D eigenvalue weighted by Gasteiger charge is -2.28. The van der Waals surface area contributed by atoms with Crippen LogP contribution in [-0.2, 0) is 33.2 Å². The largest absolute Gasteiger partial charge is 0.494 e. The Morgan fingerprint density at radius 1 is 1.00 bits per heavy atom. The summed E-state index contributed by atoms with van der Waals surface area (Å²) in [6.45, 7) is -1.50. The summed E-state index contributed by atoms with van der Waals surface area (Å²) >= 11 is 6.00. The Balaban J connectivity index is 1.80. The molecule has 42 heavy (non-hydrogen) atoms. The van der Waals surface area contributed by atoms with Gasteiger partial charge in [-0.05, 0) is 48.4 Å². The fourth-order valence-electron chi connectivity index (χ4n) is 4.10. The van der Waals surface area contributed by atoms with Gasteiger partial charge in [-0.25, -0.2) is 17.6 Å². The van der Waals surface area contributed by atoms with Crippen molar-refractivity contribution < 1.29 is 49.0 Å². The molecule has 3 rings (SSSR count). The van der Waals surface area contributed by atoms with Crippen molar-refractivity contribution in [3.8, 4) is 5.75 Å². The van der Waals surface area contributed by atoms with E-state index in [0.717, 1.165) is 55.8 Å². The molecule has 0 aliphatic heterocycles. The maximum Gasteiger partial charge on any atom is 0.417 e. The minimum absolute atomic E-state index is 0.0292. The number of methoxy groups -OCH3 is 1. The molecule has 0 fully saturated rings. The first kappa shape index (κ1) is 33.2. The lowest BCUT2D eigenvalue weighted by molar-refractivity contribution is -0.137. The van der Waals surface area contributed by atoms with E-state index in [1.54, 1.807) is 0 Å². The average Bonchev–Trinajstić information content (AvgIpc) is 2.90. The van der Waals surface area contributed by atoms with Gasteiger partial charge < -0.3 is 9.47 Å². The van der Waals surface area contributed by atoms with Crippen molar-refractivity contribution in [3.63, 3.8) is 0 Å². The molecule has 0 heterocycles. The molecule has 0 saturated carbocycles. The Labute approximate surface area is 243 Å². The van der Waals surface area contributed by atoms with E-state index < -0.39 is 56.4 Å². The molecule has 0 N–H and O–H groups in total. The third-order valence-corrected chi connectivity index (χ3v) is 7.70. The number of alkyl halides is 5. The normalized spacial score (nSPS) is 12.4. The van der Waals surface area contributed by atoms with Crippen LogP contribution in [0.5, 0.6) is 5.75 Å². The van der Waals surface area contributed by atoms with Crippen LogP contribution in [0.4, 0.5) is 26.3 Å². The van der Waals surface area contributed by atoms with Crippen molar-refractivity contribution in [1.82, 2.24) is 4.90 Å². The standard InChI is InChI=1S/C28H26ClF6NO5S/c1-40-26(37)22-12-11-21(15-24(22)42(2,38)39)41-14-4-13-36(17-27(31,32)19-7-9-20(30)10-8-19)16-18-5-3-6-23(25(18)29)28(33,34)35/h3,5-12,15H,4,13-14,16-17H2,1-2H3. The summed E-state index contributed by atoms with van der Waals surface area (Å²) < 4.78 is 118. The number of carbonyl (C=O) groups is 1. The van der Waals surface area contributed by atoms with Crippen molar-refractivity contribution in [2.45, 2.75) is 30.0 Å². The molecule has 3 aromatic carbocycles. The van der Waals surface area contributed by atoms with E-state index in [1.165, 1.54) is 23.1 Å². The lowest BCUT2D eigenvalue weighted by Crippen LogP contribution is -2.36. The van der Waals surface area contributed by atoms with Crippen LogP contribution in [0.3, 0.4) is 0 Å². The number of rotatable bonds is 12. The van der Waals surface area contributed by atoms with Crippen LogP contribution in [0, 0.1) is 5.82 Å². The molecule has 0 spiro atoms. The van der Waals surface area contributed by atoms with Gasteiger partial charge in [0.15, 0.2) is 9.84 Å². The summed E-state index contributed by atoms with van der Waals surface area (Å²) in [6, 6.07) is 10.5. The topological polar surface area (TPSA) is 72.9 Å². The smallest absolute Gasteiger partial charge is 0.417 e. The predicted molar refractivity (Wildman–Crippen MR) is 143 cm³/mol. The zero-order chi connectivity index (χ0) is 31.3. The highest BCUT2D eigenvalue weighted by molar-refractivity contribution is 7.90. The van der Waals surface area contributed by atoms with Crippen LogP contribution in [0.2, 0.25) is 5.02 Å². The highest BCUT2D eigenvalue weighted by Crippen LogP contribution is 2.37. The Bertz CT molecular complexity index is 1510. The van der Waals surface area contributed by atoms with Crippen molar-refractivity contribution in [2.24, 2.45) is 0 Å². The Morgan fingerprint density at radius 3 is 2.26 bits per heavy atom. The number of carbonyl (C=O) groups excluding carboxylic acids is 1. The van der Waals surface area contributed by atoms with Gasteiger partial charge >= 0.3 is 12.1 Å². The molecular weight excluding hydrogens is 612 g/mol. The summed E-state index contributed by atoms with van der Waals surface area (Å²) in [6.07, 6.45) is -3.77. The van der Waals surface area contributed by atoms with Crippen LogP contribution in [0.15, 0.2) is 65.6 Å². The van der Waals surface area contributed by atoms with Gasteiger partial charge in [0.25, 0.3) is 5.92 Å². The van der Waals surface area contributed by atoms with E-state index >= 15 is 8.78 Å². The van der Waals surface area contributed by atoms with Gasteiger partial charge in [-0.15, -0.1) is 0 Å². The number of nitrogens with zero attached hydrogens (tertiary/aromatic N) is 1. The number of hydrogen-bond acceptors (Lipinski definition) is 6. The van der Waals surface area contributed by atoms with Gasteiger partial charge in [-0.3, -0.25) is 4.90 Å². The first-order valence-corrected chi connectivity index (χ1v) is 14.6. The van der Waals surface area contributed by atoms with Gasteiger partial charge in [0.1, 0.15) is 11.6 Å². The minimum atomic E-state index is -4.75. The third kappa shape index (κ3) is 8.62. The maximum atomic E-state index is 15.2. The van der Waals surface area contributed by atoms with Crippen LogP contribution in [-0.4, -0.2) is 52.3 Å². The molecule has 0 radical (unpaired) electrons. The average molecular weight is 638 g/mol. The molecule has 0 aromatic heterocycles. The summed E-state index contributed by atoms with van der Waals surface area (Å²) in [7, 11) is -2.75. The summed E-state index contributed by atoms with van der Waals surface area (Å²) in [5.41, 5.74) is -1.82. The van der Waals surface area contributed by atoms with Crippen LogP contribution < -0.4 is 4.74 Å². The second kappa shape index (κ2) is 13.3. The Kier molecular flexibility index (Phi) is 10.6. The zero-order valence-corrected chi connectivity index (χ0v) is 23.9. The summed E-state index contributed by atoms with van der Waals surface area (Å²) in [5.74, 6) is -5.00. The molecule has 0 atom stereocenters. The molecule has 0 saturated heterocycles. The predicted octanol–water partition coefficient (Wildman–Crippen LogP) is 6.75. The molecule has 0 aliphatic rings. The zero-order valence-electron chi connectivity index (χ0n) is 22.4. The number of ether oxygens (including phenoxy) is 2. The quantitative estimate of drug-likeness (QED) is 0.124. The number of sulfone groups is 1. The van der Waals surface area contributed by atoms with E-state index in [0.29, 0.717) is 0 Å². The van der Waals surface area contributed by atoms with Crippen molar-refractivity contribution >= 4 is 27.4 Å². The molecule has 0 unspecified atom stereocenters. The highest BCUT2D eigenvalue weighted by Gasteiger charge is 2.36. The van der Waals surface area contributed by atoms with Crippen molar-refractivity contribution in [3.05, 3.63) is 93.8 Å². The van der Waals surface area contributed by atoms with E-state index in [9.17, 15) is 30.8 Å². The van der Waals surface area contributed by atoms with Crippen LogP contribution >= 0.6 is 11.6 Å². The third-order valence-electron chi connectivity index (χ3n) is 6.11. The van der Waals surface area contributed by atoms with Gasteiger partial charge in [-0.2, -0.15) is 22.0 Å². The molecule has 0 bridgehead atoms. The fourth-order valence-corrected chi connectivity index (χ4v) is 5.27. The van der Waals surface area contributed by atoms with Crippen molar-refractivity contribution in [2.75, 3.05) is 33.1 Å². The number of benzene rings is 3. The number of halogens is 7. The molecule has 228 valence electrons. The Hall–Kier alpha value is -3.29. The first-order chi connectivity index (χ1) is 19.5. The van der Waals surface area contributed by atoms with Gasteiger partial charge in [0.05, 0.1) is 41.3 Å². The van der Waals surface area contributed by atoms with Gasteiger partial charge in [0.2, 0.25) is 0 Å². The monoisotopic (exact) mass is 637 g/mol. The van der Waals surface area contributed by atoms with E-state index in [1.807, 2.05) is 0 Å². The van der Waals surface area contributed by atoms with Crippen molar-refractivity contribution in [1.29, 1.82) is 0 Å². The highest BCUT2D eigenvalue weighted by atomic mass is 35.5. The second-order valence-electron chi connectivity index (χ2n) is 9.32. The lowest BCUT2D eigenvalue weighted by atomic mass is 10.1. The van der Waals surface area contributed by atoms with Crippen LogP contribution in [0.25, 0.3) is 0 Å². The molecule has 0 amide bonds. The van der Waals surface area contributed by atoms with E-state index in [4.69, 9.17) is 16.3 Å².